The second kappa shape index (κ2) is 9.41. The summed E-state index contributed by atoms with van der Waals surface area (Å²) < 4.78 is 27.3. The lowest BCUT2D eigenvalue weighted by Crippen LogP contribution is -2.31. The molecular weight excluding hydrogens is 386 g/mol. The first kappa shape index (κ1) is 21.3. The van der Waals surface area contributed by atoms with Gasteiger partial charge in [-0.2, -0.15) is 4.31 Å². The van der Waals surface area contributed by atoms with E-state index in [1.807, 2.05) is 31.3 Å². The van der Waals surface area contributed by atoms with E-state index in [1.54, 1.807) is 16.4 Å². The molecule has 3 rings (SSSR count). The molecule has 0 radical (unpaired) electrons. The molecule has 1 N–H and O–H groups in total. The van der Waals surface area contributed by atoms with Crippen molar-refractivity contribution in [3.8, 4) is 0 Å². The SMILES string of the molecule is CCN(C)c1cccc(NC(=O)c2ccc(S(=O)(=O)N3CCCCCC3)cc2)c1. The number of carbonyl (C=O) groups is 1. The van der Waals surface area contributed by atoms with Crippen molar-refractivity contribution in [3.63, 3.8) is 0 Å². The molecule has 0 bridgehead atoms. The summed E-state index contributed by atoms with van der Waals surface area (Å²) in [4.78, 5) is 14.9. The molecule has 2 aromatic rings. The van der Waals surface area contributed by atoms with E-state index in [4.69, 9.17) is 0 Å². The first-order chi connectivity index (χ1) is 13.9. The Morgan fingerprint density at radius 3 is 2.31 bits per heavy atom. The van der Waals surface area contributed by atoms with Gasteiger partial charge in [0.1, 0.15) is 0 Å². The minimum absolute atomic E-state index is 0.238. The topological polar surface area (TPSA) is 69.7 Å². The molecule has 2 aromatic carbocycles. The number of hydrogen-bond donors (Lipinski definition) is 1. The molecule has 0 aliphatic carbocycles. The van der Waals surface area contributed by atoms with Crippen LogP contribution in [-0.2, 0) is 10.0 Å². The van der Waals surface area contributed by atoms with Crippen LogP contribution in [0.1, 0.15) is 43.0 Å². The summed E-state index contributed by atoms with van der Waals surface area (Å²) in [5.74, 6) is -0.264. The van der Waals surface area contributed by atoms with E-state index in [1.165, 1.54) is 12.1 Å². The third kappa shape index (κ3) is 5.16. The van der Waals surface area contributed by atoms with Gasteiger partial charge in [-0.3, -0.25) is 4.79 Å². The molecule has 7 heteroatoms. The van der Waals surface area contributed by atoms with Crippen molar-refractivity contribution in [2.24, 2.45) is 0 Å². The molecular formula is C22H29N3O3S. The fourth-order valence-electron chi connectivity index (χ4n) is 3.42. The molecule has 1 aliphatic rings. The molecule has 1 aliphatic heterocycles. The monoisotopic (exact) mass is 415 g/mol. The second-order valence-electron chi connectivity index (χ2n) is 7.36. The fraction of sp³-hybridized carbons (Fsp3) is 0.409. The Bertz CT molecular complexity index is 934. The van der Waals surface area contributed by atoms with Crippen LogP contribution in [0.4, 0.5) is 11.4 Å². The zero-order valence-electron chi connectivity index (χ0n) is 17.1. The third-order valence-corrected chi connectivity index (χ3v) is 7.25. The van der Waals surface area contributed by atoms with Crippen LogP contribution < -0.4 is 10.2 Å². The van der Waals surface area contributed by atoms with Crippen molar-refractivity contribution >= 4 is 27.3 Å². The van der Waals surface area contributed by atoms with E-state index in [0.29, 0.717) is 24.3 Å². The molecule has 1 heterocycles. The molecule has 1 fully saturated rings. The van der Waals surface area contributed by atoms with Gasteiger partial charge in [-0.1, -0.05) is 18.9 Å². The average Bonchev–Trinajstić information content (AvgIpc) is 3.03. The van der Waals surface area contributed by atoms with Crippen LogP contribution in [0, 0.1) is 0 Å². The van der Waals surface area contributed by atoms with Crippen molar-refractivity contribution in [2.75, 3.05) is 36.9 Å². The number of amides is 1. The summed E-state index contributed by atoms with van der Waals surface area (Å²) in [6, 6.07) is 13.8. The predicted molar refractivity (Wildman–Crippen MR) is 117 cm³/mol. The number of benzene rings is 2. The zero-order valence-corrected chi connectivity index (χ0v) is 17.9. The van der Waals surface area contributed by atoms with Crippen molar-refractivity contribution in [3.05, 3.63) is 54.1 Å². The van der Waals surface area contributed by atoms with E-state index in [-0.39, 0.29) is 10.8 Å². The van der Waals surface area contributed by atoms with Crippen LogP contribution in [0.2, 0.25) is 0 Å². The van der Waals surface area contributed by atoms with Gasteiger partial charge in [-0.25, -0.2) is 8.42 Å². The lowest BCUT2D eigenvalue weighted by atomic mass is 10.2. The zero-order chi connectivity index (χ0) is 20.9. The molecule has 6 nitrogen and oxygen atoms in total. The Labute approximate surface area is 173 Å². The van der Waals surface area contributed by atoms with Crippen LogP contribution in [0.15, 0.2) is 53.4 Å². The summed E-state index contributed by atoms with van der Waals surface area (Å²) in [5.41, 5.74) is 2.15. The number of rotatable bonds is 6. The van der Waals surface area contributed by atoms with Gasteiger partial charge in [0.15, 0.2) is 0 Å². The lowest BCUT2D eigenvalue weighted by molar-refractivity contribution is 0.102. The highest BCUT2D eigenvalue weighted by atomic mass is 32.2. The average molecular weight is 416 g/mol. The molecule has 1 saturated heterocycles. The molecule has 1 amide bonds. The van der Waals surface area contributed by atoms with Crippen LogP contribution in [0.25, 0.3) is 0 Å². The standard InChI is InChI=1S/C22H29N3O3S/c1-3-24(2)20-10-8-9-19(17-20)23-22(26)18-11-13-21(14-12-18)29(27,28)25-15-6-4-5-7-16-25/h8-14,17H,3-7,15-16H2,1-2H3,(H,23,26). The Morgan fingerprint density at radius 2 is 1.69 bits per heavy atom. The molecule has 156 valence electrons. The molecule has 0 saturated carbocycles. The highest BCUT2D eigenvalue weighted by Gasteiger charge is 2.25. The summed E-state index contributed by atoms with van der Waals surface area (Å²) in [6.45, 7) is 4.05. The van der Waals surface area contributed by atoms with Crippen molar-refractivity contribution in [1.82, 2.24) is 4.31 Å². The van der Waals surface area contributed by atoms with E-state index in [2.05, 4.69) is 17.1 Å². The number of sulfonamides is 1. The van der Waals surface area contributed by atoms with Crippen molar-refractivity contribution in [2.45, 2.75) is 37.5 Å². The Balaban J connectivity index is 1.72. The highest BCUT2D eigenvalue weighted by molar-refractivity contribution is 7.89. The minimum Gasteiger partial charge on any atom is -0.375 e. The Kier molecular flexibility index (Phi) is 6.92. The third-order valence-electron chi connectivity index (χ3n) is 5.34. The van der Waals surface area contributed by atoms with Gasteiger partial charge in [0.25, 0.3) is 5.91 Å². The summed E-state index contributed by atoms with van der Waals surface area (Å²) >= 11 is 0. The summed E-state index contributed by atoms with van der Waals surface area (Å²) in [7, 11) is -1.52. The van der Waals surface area contributed by atoms with Crippen molar-refractivity contribution < 1.29 is 13.2 Å². The first-order valence-electron chi connectivity index (χ1n) is 10.1. The van der Waals surface area contributed by atoms with E-state index >= 15 is 0 Å². The van der Waals surface area contributed by atoms with Gasteiger partial charge in [0.2, 0.25) is 10.0 Å². The molecule has 0 aromatic heterocycles. The number of nitrogens with one attached hydrogen (secondary N) is 1. The van der Waals surface area contributed by atoms with Gasteiger partial charge in [0, 0.05) is 43.6 Å². The number of anilines is 2. The van der Waals surface area contributed by atoms with E-state index in [9.17, 15) is 13.2 Å². The number of carbonyl (C=O) groups excluding carboxylic acids is 1. The second-order valence-corrected chi connectivity index (χ2v) is 9.30. The molecule has 0 spiro atoms. The maximum absolute atomic E-state index is 12.9. The molecule has 0 unspecified atom stereocenters. The normalized spacial score (nSPS) is 15.5. The predicted octanol–water partition coefficient (Wildman–Crippen LogP) is 3.96. The maximum Gasteiger partial charge on any atom is 0.255 e. The summed E-state index contributed by atoms with van der Waals surface area (Å²) in [6.07, 6.45) is 3.93. The van der Waals surface area contributed by atoms with E-state index < -0.39 is 10.0 Å². The van der Waals surface area contributed by atoms with Gasteiger partial charge in [-0.15, -0.1) is 0 Å². The van der Waals surface area contributed by atoms with Gasteiger partial charge < -0.3 is 10.2 Å². The smallest absolute Gasteiger partial charge is 0.255 e. The highest BCUT2D eigenvalue weighted by Crippen LogP contribution is 2.22. The van der Waals surface area contributed by atoms with Gasteiger partial charge >= 0.3 is 0 Å². The maximum atomic E-state index is 12.9. The fourth-order valence-corrected chi connectivity index (χ4v) is 4.93. The lowest BCUT2D eigenvalue weighted by Gasteiger charge is -2.20. The largest absolute Gasteiger partial charge is 0.375 e. The van der Waals surface area contributed by atoms with Crippen LogP contribution in [-0.4, -0.2) is 45.3 Å². The summed E-state index contributed by atoms with van der Waals surface area (Å²) in [5, 5.41) is 2.88. The first-order valence-corrected chi connectivity index (χ1v) is 11.6. The van der Waals surface area contributed by atoms with Crippen LogP contribution in [0.5, 0.6) is 0 Å². The number of nitrogens with zero attached hydrogens (tertiary/aromatic N) is 2. The van der Waals surface area contributed by atoms with Crippen LogP contribution in [0.3, 0.4) is 0 Å². The van der Waals surface area contributed by atoms with E-state index in [0.717, 1.165) is 37.9 Å². The minimum atomic E-state index is -3.51. The molecule has 0 atom stereocenters. The number of hydrogen-bond acceptors (Lipinski definition) is 4. The quantitative estimate of drug-likeness (QED) is 0.775. The Morgan fingerprint density at radius 1 is 1.03 bits per heavy atom. The molecule has 29 heavy (non-hydrogen) atoms. The van der Waals surface area contributed by atoms with Gasteiger partial charge in [-0.05, 0) is 62.2 Å². The Hall–Kier alpha value is -2.38. The van der Waals surface area contributed by atoms with Gasteiger partial charge in [0.05, 0.1) is 4.90 Å². The van der Waals surface area contributed by atoms with Crippen LogP contribution >= 0.6 is 0 Å². The van der Waals surface area contributed by atoms with Crippen molar-refractivity contribution in [1.29, 1.82) is 0 Å².